The third kappa shape index (κ3) is 5.98. The first-order chi connectivity index (χ1) is 7.04. The molecule has 1 fully saturated rings. The molecule has 0 aromatic carbocycles. The first-order valence-electron chi connectivity index (χ1n) is 5.74. The molecular weight excluding hydrogens is 237 g/mol. The zero-order chi connectivity index (χ0) is 11.3. The maximum Gasteiger partial charge on any atom is 1.00 e. The van der Waals surface area contributed by atoms with Crippen molar-refractivity contribution in [2.75, 3.05) is 0 Å². The summed E-state index contributed by atoms with van der Waals surface area (Å²) in [6.07, 6.45) is 6.62. The van der Waals surface area contributed by atoms with Crippen molar-refractivity contribution < 1.29 is 42.5 Å². The van der Waals surface area contributed by atoms with E-state index < -0.39 is 15.5 Å². The molecule has 1 saturated carbocycles. The summed E-state index contributed by atoms with van der Waals surface area (Å²) in [5.41, 5.74) is 0. The summed E-state index contributed by atoms with van der Waals surface area (Å²) in [5, 5.41) is 2.11. The van der Waals surface area contributed by atoms with Gasteiger partial charge in [0.2, 0.25) is 0 Å². The molecule has 0 heterocycles. The molecular formula is C10H20NNaO3S. The van der Waals surface area contributed by atoms with E-state index in [-0.39, 0.29) is 35.6 Å². The van der Waals surface area contributed by atoms with Crippen molar-refractivity contribution in [2.45, 2.75) is 63.3 Å². The minimum Gasteiger partial charge on any atom is -0.747 e. The van der Waals surface area contributed by atoms with Gasteiger partial charge in [-0.15, -0.1) is 0 Å². The number of hydrogen-bond donors (Lipinski definition) is 1. The smallest absolute Gasteiger partial charge is 0.747 e. The summed E-state index contributed by atoms with van der Waals surface area (Å²) in [7, 11) is -4.19. The van der Waals surface area contributed by atoms with Gasteiger partial charge in [0, 0.05) is 6.04 Å². The Labute approximate surface area is 121 Å². The summed E-state index contributed by atoms with van der Waals surface area (Å²) >= 11 is 0. The predicted octanol–water partition coefficient (Wildman–Crippen LogP) is -1.42. The normalized spacial score (nSPS) is 20.1. The predicted molar refractivity (Wildman–Crippen MR) is 58.4 cm³/mol. The third-order valence-electron chi connectivity index (χ3n) is 2.93. The van der Waals surface area contributed by atoms with Crippen LogP contribution < -0.4 is 34.9 Å². The Bertz CT molecular complexity index is 276. The van der Waals surface area contributed by atoms with Gasteiger partial charge in [0.25, 0.3) is 0 Å². The second kappa shape index (κ2) is 8.06. The molecule has 1 unspecified atom stereocenters. The van der Waals surface area contributed by atoms with E-state index in [9.17, 15) is 13.0 Å². The quantitative estimate of drug-likeness (QED) is 0.485. The Morgan fingerprint density at radius 2 is 1.88 bits per heavy atom. The van der Waals surface area contributed by atoms with Crippen LogP contribution in [0.1, 0.15) is 51.9 Å². The van der Waals surface area contributed by atoms with Crippen LogP contribution in [0.3, 0.4) is 0 Å². The topological polar surface area (TPSA) is 69.2 Å². The van der Waals surface area contributed by atoms with Crippen LogP contribution in [-0.4, -0.2) is 24.4 Å². The van der Waals surface area contributed by atoms with Gasteiger partial charge >= 0.3 is 29.6 Å². The summed E-state index contributed by atoms with van der Waals surface area (Å²) in [4.78, 5) is 0. The fraction of sp³-hybridized carbons (Fsp3) is 1.00. The second-order valence-corrected chi connectivity index (χ2v) is 5.83. The second-order valence-electron chi connectivity index (χ2n) is 4.27. The van der Waals surface area contributed by atoms with Crippen molar-refractivity contribution in [3.63, 3.8) is 0 Å². The summed E-state index contributed by atoms with van der Waals surface area (Å²) < 4.78 is 32.9. The Morgan fingerprint density at radius 1 is 1.31 bits per heavy atom. The summed E-state index contributed by atoms with van der Waals surface area (Å²) in [6, 6.07) is 0.221. The molecule has 0 aromatic rings. The molecule has 16 heavy (non-hydrogen) atoms. The zero-order valence-electron chi connectivity index (χ0n) is 10.2. The van der Waals surface area contributed by atoms with Crippen molar-refractivity contribution in [1.29, 1.82) is 0 Å². The van der Waals surface area contributed by atoms with Crippen LogP contribution in [0.5, 0.6) is 0 Å². The molecule has 0 spiro atoms. The van der Waals surface area contributed by atoms with Gasteiger partial charge in [0.05, 0.1) is 5.37 Å². The van der Waals surface area contributed by atoms with E-state index in [1.807, 2.05) is 6.92 Å². The monoisotopic (exact) mass is 257 g/mol. The van der Waals surface area contributed by atoms with Crippen LogP contribution in [0.15, 0.2) is 0 Å². The molecule has 0 saturated heterocycles. The Balaban J connectivity index is 0.00000225. The van der Waals surface area contributed by atoms with Crippen LogP contribution in [0.2, 0.25) is 0 Å². The molecule has 4 nitrogen and oxygen atoms in total. The van der Waals surface area contributed by atoms with Crippen molar-refractivity contribution >= 4 is 10.1 Å². The van der Waals surface area contributed by atoms with Crippen LogP contribution >= 0.6 is 0 Å². The average Bonchev–Trinajstić information content (AvgIpc) is 2.17. The molecule has 0 amide bonds. The molecule has 1 rings (SSSR count). The van der Waals surface area contributed by atoms with E-state index >= 15 is 0 Å². The van der Waals surface area contributed by atoms with Gasteiger partial charge in [0.1, 0.15) is 10.1 Å². The van der Waals surface area contributed by atoms with Gasteiger partial charge in [-0.1, -0.05) is 32.6 Å². The van der Waals surface area contributed by atoms with Gasteiger partial charge in [-0.25, -0.2) is 8.42 Å². The molecule has 0 aromatic heterocycles. The number of rotatable bonds is 5. The number of hydrogen-bond acceptors (Lipinski definition) is 4. The minimum absolute atomic E-state index is 0. The minimum atomic E-state index is -4.19. The van der Waals surface area contributed by atoms with Gasteiger partial charge in [-0.3, -0.25) is 5.32 Å². The first-order valence-corrected chi connectivity index (χ1v) is 7.22. The molecule has 0 aliphatic heterocycles. The van der Waals surface area contributed by atoms with E-state index in [4.69, 9.17) is 0 Å². The standard InChI is InChI=1S/C10H21NO3S.Na/c1-2-6-10(15(12,13)14)11-9-7-4-3-5-8-9;/h9-11H,2-8H2,1H3,(H,12,13,14);/q;+1/p-1. The van der Waals surface area contributed by atoms with E-state index in [0.717, 1.165) is 25.7 Å². The molecule has 1 aliphatic rings. The van der Waals surface area contributed by atoms with Gasteiger partial charge in [0.15, 0.2) is 0 Å². The average molecular weight is 257 g/mol. The molecule has 1 N–H and O–H groups in total. The largest absolute Gasteiger partial charge is 1.00 e. The third-order valence-corrected chi connectivity index (χ3v) is 3.99. The molecule has 0 bridgehead atoms. The van der Waals surface area contributed by atoms with Crippen molar-refractivity contribution in [3.05, 3.63) is 0 Å². The molecule has 6 heteroatoms. The molecule has 1 aliphatic carbocycles. The summed E-state index contributed by atoms with van der Waals surface area (Å²) in [6.45, 7) is 1.89. The van der Waals surface area contributed by atoms with Gasteiger partial charge < -0.3 is 4.55 Å². The fourth-order valence-electron chi connectivity index (χ4n) is 2.11. The maximum absolute atomic E-state index is 11.0. The van der Waals surface area contributed by atoms with E-state index in [2.05, 4.69) is 5.32 Å². The molecule has 90 valence electrons. The Morgan fingerprint density at radius 3 is 2.31 bits per heavy atom. The SMILES string of the molecule is CCCC(NC1CCCCC1)S(=O)(=O)[O-].[Na+]. The van der Waals surface area contributed by atoms with E-state index in [0.29, 0.717) is 12.8 Å². The molecule has 0 radical (unpaired) electrons. The van der Waals surface area contributed by atoms with Crippen LogP contribution in [0, 0.1) is 0 Å². The van der Waals surface area contributed by atoms with Crippen LogP contribution in [-0.2, 0) is 10.1 Å². The van der Waals surface area contributed by atoms with Crippen LogP contribution in [0.25, 0.3) is 0 Å². The van der Waals surface area contributed by atoms with Crippen LogP contribution in [0.4, 0.5) is 0 Å². The zero-order valence-corrected chi connectivity index (χ0v) is 13.1. The van der Waals surface area contributed by atoms with Crippen molar-refractivity contribution in [2.24, 2.45) is 0 Å². The number of nitrogens with one attached hydrogen (secondary N) is 1. The molecule has 1 atom stereocenters. The summed E-state index contributed by atoms with van der Waals surface area (Å²) in [5.74, 6) is 0. The first kappa shape index (κ1) is 16.9. The van der Waals surface area contributed by atoms with Crippen molar-refractivity contribution in [1.82, 2.24) is 5.32 Å². The Kier molecular flexibility index (Phi) is 8.49. The van der Waals surface area contributed by atoms with Gasteiger partial charge in [-0.05, 0) is 19.3 Å². The Hall–Kier alpha value is 0.870. The van der Waals surface area contributed by atoms with E-state index in [1.54, 1.807) is 0 Å². The van der Waals surface area contributed by atoms with E-state index in [1.165, 1.54) is 6.42 Å². The van der Waals surface area contributed by atoms with Gasteiger partial charge in [-0.2, -0.15) is 0 Å². The maximum atomic E-state index is 11.0. The fourth-order valence-corrected chi connectivity index (χ4v) is 2.99. The van der Waals surface area contributed by atoms with Crippen molar-refractivity contribution in [3.8, 4) is 0 Å².